The maximum atomic E-state index is 8.68. The van der Waals surface area contributed by atoms with Crippen LogP contribution in [0.4, 0.5) is 5.69 Å². The highest BCUT2D eigenvalue weighted by Crippen LogP contribution is 2.08. The van der Waals surface area contributed by atoms with Crippen LogP contribution in [0.2, 0.25) is 0 Å². The molecule has 0 unspecified atom stereocenters. The smallest absolute Gasteiger partial charge is 0.0991 e. The lowest BCUT2D eigenvalue weighted by molar-refractivity contribution is 0.273. The number of nitriles is 1. The topological polar surface area (TPSA) is 39.1 Å². The molecule has 0 atom stereocenters. The van der Waals surface area contributed by atoms with Gasteiger partial charge in [0, 0.05) is 18.3 Å². The van der Waals surface area contributed by atoms with E-state index in [4.69, 9.17) is 5.26 Å². The molecule has 0 saturated heterocycles. The van der Waals surface area contributed by atoms with Crippen LogP contribution in [0, 0.1) is 11.3 Å². The summed E-state index contributed by atoms with van der Waals surface area (Å²) in [7, 11) is 2.15. The molecule has 1 aromatic rings. The normalized spacial score (nSPS) is 10.6. The highest BCUT2D eigenvalue weighted by molar-refractivity contribution is 5.46. The molecule has 0 aliphatic heterocycles. The van der Waals surface area contributed by atoms with E-state index in [0.717, 1.165) is 25.2 Å². The fraction of sp³-hybridized carbons (Fsp3) is 0.500. The van der Waals surface area contributed by atoms with Gasteiger partial charge in [-0.2, -0.15) is 5.26 Å². The van der Waals surface area contributed by atoms with E-state index in [1.807, 2.05) is 24.3 Å². The van der Waals surface area contributed by atoms with E-state index in [9.17, 15) is 0 Å². The van der Waals surface area contributed by atoms with E-state index in [0.29, 0.717) is 11.6 Å². The predicted octanol–water partition coefficient (Wildman–Crippen LogP) is 2.70. The summed E-state index contributed by atoms with van der Waals surface area (Å²) in [4.78, 5) is 2.33. The summed E-state index contributed by atoms with van der Waals surface area (Å²) in [6, 6.07) is 10.3. The van der Waals surface area contributed by atoms with Gasteiger partial charge < -0.3 is 10.2 Å². The van der Waals surface area contributed by atoms with Crippen LogP contribution in [-0.4, -0.2) is 31.1 Å². The highest BCUT2D eigenvalue weighted by Gasteiger charge is 2.01. The average Bonchev–Trinajstić information content (AvgIpc) is 2.35. The maximum absolute atomic E-state index is 8.68. The van der Waals surface area contributed by atoms with Gasteiger partial charge in [-0.05, 0) is 58.1 Å². The summed E-state index contributed by atoms with van der Waals surface area (Å²) in [6.45, 7) is 6.46. The number of anilines is 1. The van der Waals surface area contributed by atoms with Crippen molar-refractivity contribution in [2.45, 2.75) is 26.3 Å². The molecule has 0 amide bonds. The second-order valence-electron chi connectivity index (χ2n) is 4.54. The van der Waals surface area contributed by atoms with Gasteiger partial charge in [0.05, 0.1) is 11.6 Å². The Kier molecular flexibility index (Phi) is 5.51. The van der Waals surface area contributed by atoms with E-state index in [2.05, 4.69) is 37.2 Å². The first kappa shape index (κ1) is 13.5. The highest BCUT2D eigenvalue weighted by atomic mass is 15.1. The molecule has 0 saturated carbocycles. The molecule has 0 aromatic heterocycles. The van der Waals surface area contributed by atoms with Gasteiger partial charge >= 0.3 is 0 Å². The lowest BCUT2D eigenvalue weighted by Gasteiger charge is -2.20. The van der Waals surface area contributed by atoms with Crippen LogP contribution < -0.4 is 5.32 Å². The van der Waals surface area contributed by atoms with E-state index in [1.165, 1.54) is 0 Å². The van der Waals surface area contributed by atoms with Gasteiger partial charge in [-0.3, -0.25) is 0 Å². The third-order valence-electron chi connectivity index (χ3n) is 2.91. The lowest BCUT2D eigenvalue weighted by atomic mass is 10.2. The quantitative estimate of drug-likeness (QED) is 0.765. The summed E-state index contributed by atoms with van der Waals surface area (Å²) in [6.07, 6.45) is 1.12. The van der Waals surface area contributed by atoms with Gasteiger partial charge in [0.1, 0.15) is 0 Å². The molecule has 3 nitrogen and oxygen atoms in total. The average molecular weight is 231 g/mol. The van der Waals surface area contributed by atoms with Crippen molar-refractivity contribution < 1.29 is 0 Å². The number of hydrogen-bond acceptors (Lipinski definition) is 3. The maximum Gasteiger partial charge on any atom is 0.0991 e. The van der Waals surface area contributed by atoms with Crippen LogP contribution in [0.5, 0.6) is 0 Å². The Balaban J connectivity index is 2.24. The van der Waals surface area contributed by atoms with Crippen molar-refractivity contribution >= 4 is 5.69 Å². The molecule has 0 radical (unpaired) electrons. The van der Waals surface area contributed by atoms with Gasteiger partial charge in [0.15, 0.2) is 0 Å². The Bertz CT molecular complexity index is 362. The standard InChI is InChI=1S/C14H21N3/c1-12(2)17(3)10-4-9-16-14-7-5-13(11-15)6-8-14/h5-8,12,16H,4,9-10H2,1-3H3. The zero-order valence-corrected chi connectivity index (χ0v) is 10.9. The van der Waals surface area contributed by atoms with E-state index < -0.39 is 0 Å². The Hall–Kier alpha value is -1.53. The van der Waals surface area contributed by atoms with Gasteiger partial charge in [-0.15, -0.1) is 0 Å². The minimum Gasteiger partial charge on any atom is -0.385 e. The molecule has 1 N–H and O–H groups in total. The zero-order valence-electron chi connectivity index (χ0n) is 10.9. The minimum absolute atomic E-state index is 0.602. The Morgan fingerprint density at radius 2 is 1.94 bits per heavy atom. The van der Waals surface area contributed by atoms with Crippen LogP contribution in [0.25, 0.3) is 0 Å². The Morgan fingerprint density at radius 1 is 1.29 bits per heavy atom. The lowest BCUT2D eigenvalue weighted by Crippen LogP contribution is -2.28. The van der Waals surface area contributed by atoms with Crippen molar-refractivity contribution in [2.24, 2.45) is 0 Å². The third kappa shape index (κ3) is 4.88. The second kappa shape index (κ2) is 6.93. The van der Waals surface area contributed by atoms with Crippen LogP contribution in [0.1, 0.15) is 25.8 Å². The summed E-state index contributed by atoms with van der Waals surface area (Å²) in [5, 5.41) is 12.0. The van der Waals surface area contributed by atoms with Gasteiger partial charge in [0.2, 0.25) is 0 Å². The van der Waals surface area contributed by atoms with Crippen molar-refractivity contribution in [2.75, 3.05) is 25.5 Å². The molecule has 3 heteroatoms. The minimum atomic E-state index is 0.602. The molecule has 1 aromatic carbocycles. The number of hydrogen-bond donors (Lipinski definition) is 1. The molecule has 1 rings (SSSR count). The van der Waals surface area contributed by atoms with Crippen molar-refractivity contribution in [1.82, 2.24) is 4.90 Å². The Labute approximate surface area is 104 Å². The number of nitrogens with zero attached hydrogens (tertiary/aromatic N) is 2. The van der Waals surface area contributed by atoms with E-state index >= 15 is 0 Å². The molecule has 0 aliphatic rings. The predicted molar refractivity (Wildman–Crippen MR) is 72.0 cm³/mol. The molecular formula is C14H21N3. The van der Waals surface area contributed by atoms with Gasteiger partial charge in [-0.1, -0.05) is 0 Å². The van der Waals surface area contributed by atoms with Crippen molar-refractivity contribution in [1.29, 1.82) is 5.26 Å². The van der Waals surface area contributed by atoms with Crippen molar-refractivity contribution in [3.8, 4) is 6.07 Å². The fourth-order valence-electron chi connectivity index (χ4n) is 1.48. The molecule has 0 bridgehead atoms. The molecular weight excluding hydrogens is 210 g/mol. The molecule has 0 fully saturated rings. The molecule has 0 aliphatic carbocycles. The zero-order chi connectivity index (χ0) is 12.7. The largest absolute Gasteiger partial charge is 0.385 e. The van der Waals surface area contributed by atoms with E-state index in [1.54, 1.807) is 0 Å². The molecule has 92 valence electrons. The summed E-state index contributed by atoms with van der Waals surface area (Å²) < 4.78 is 0. The first-order valence-corrected chi connectivity index (χ1v) is 6.07. The summed E-state index contributed by atoms with van der Waals surface area (Å²) >= 11 is 0. The summed E-state index contributed by atoms with van der Waals surface area (Å²) in [5.41, 5.74) is 1.78. The first-order valence-electron chi connectivity index (χ1n) is 6.07. The van der Waals surface area contributed by atoms with Crippen LogP contribution in [0.3, 0.4) is 0 Å². The van der Waals surface area contributed by atoms with Crippen LogP contribution in [-0.2, 0) is 0 Å². The number of rotatable bonds is 6. The van der Waals surface area contributed by atoms with Crippen LogP contribution in [0.15, 0.2) is 24.3 Å². The van der Waals surface area contributed by atoms with Crippen LogP contribution >= 0.6 is 0 Å². The fourth-order valence-corrected chi connectivity index (χ4v) is 1.48. The number of benzene rings is 1. The molecule has 17 heavy (non-hydrogen) atoms. The van der Waals surface area contributed by atoms with Gasteiger partial charge in [0.25, 0.3) is 0 Å². The second-order valence-corrected chi connectivity index (χ2v) is 4.54. The van der Waals surface area contributed by atoms with Crippen molar-refractivity contribution in [3.05, 3.63) is 29.8 Å². The SMILES string of the molecule is CC(C)N(C)CCCNc1ccc(C#N)cc1. The third-order valence-corrected chi connectivity index (χ3v) is 2.91. The molecule has 0 heterocycles. The monoisotopic (exact) mass is 231 g/mol. The molecule has 0 spiro atoms. The van der Waals surface area contributed by atoms with Gasteiger partial charge in [-0.25, -0.2) is 0 Å². The van der Waals surface area contributed by atoms with Crippen molar-refractivity contribution in [3.63, 3.8) is 0 Å². The Morgan fingerprint density at radius 3 is 2.47 bits per heavy atom. The van der Waals surface area contributed by atoms with E-state index in [-0.39, 0.29) is 0 Å². The first-order chi connectivity index (χ1) is 8.13. The number of nitrogens with one attached hydrogen (secondary N) is 1. The summed E-state index contributed by atoms with van der Waals surface area (Å²) in [5.74, 6) is 0.